The molecule has 0 N–H and O–H groups in total. The summed E-state index contributed by atoms with van der Waals surface area (Å²) in [7, 11) is -3.01. The van der Waals surface area contributed by atoms with Crippen LogP contribution in [0.3, 0.4) is 0 Å². The molecule has 0 aliphatic carbocycles. The number of ether oxygens (including phenoxy) is 1. The molecule has 0 saturated carbocycles. The molecule has 1 saturated heterocycles. The number of rotatable bonds is 7. The van der Waals surface area contributed by atoms with E-state index >= 15 is 0 Å². The van der Waals surface area contributed by atoms with Crippen molar-refractivity contribution in [3.8, 4) is 0 Å². The van der Waals surface area contributed by atoms with Crippen LogP contribution in [0.15, 0.2) is 91.0 Å². The van der Waals surface area contributed by atoms with Crippen molar-refractivity contribution in [2.75, 3.05) is 6.61 Å². The fraction of sp³-hybridized carbons (Fsp3) is 0.308. The van der Waals surface area contributed by atoms with E-state index in [4.69, 9.17) is 4.74 Å². The molecule has 1 heterocycles. The Labute approximate surface area is 178 Å². The van der Waals surface area contributed by atoms with Gasteiger partial charge in [-0.3, -0.25) is 0 Å². The van der Waals surface area contributed by atoms with E-state index in [9.17, 15) is 0 Å². The van der Waals surface area contributed by atoms with Gasteiger partial charge in [0.15, 0.2) is 0 Å². The monoisotopic (exact) mass is 416 g/mol. The predicted molar refractivity (Wildman–Crippen MR) is 130 cm³/mol. The van der Waals surface area contributed by atoms with Crippen LogP contribution < -0.4 is 15.6 Å². The standard InChI is InChI=1S/C26H32OSi2/c1-28(26-19-11-12-20-27-26)21-22-29(23-13-5-2-6-14-23,24-15-7-3-8-16-24)25-17-9-4-10-18-25/h2-10,13-18,26,28H,11-12,19-22H2,1H3. The summed E-state index contributed by atoms with van der Waals surface area (Å²) in [5, 5.41) is 4.59. The summed E-state index contributed by atoms with van der Waals surface area (Å²) in [6, 6.07) is 36.6. The van der Waals surface area contributed by atoms with Gasteiger partial charge in [-0.1, -0.05) is 104 Å². The molecule has 0 spiro atoms. The molecule has 3 heteroatoms. The number of hydrogen-bond donors (Lipinski definition) is 0. The van der Waals surface area contributed by atoms with Gasteiger partial charge in [-0.2, -0.15) is 0 Å². The van der Waals surface area contributed by atoms with Gasteiger partial charge >= 0.3 is 0 Å². The highest BCUT2D eigenvalue weighted by atomic mass is 28.3. The molecule has 0 amide bonds. The van der Waals surface area contributed by atoms with Crippen molar-refractivity contribution in [2.45, 2.75) is 43.6 Å². The van der Waals surface area contributed by atoms with Crippen LogP contribution in [0.1, 0.15) is 19.3 Å². The molecule has 1 fully saturated rings. The van der Waals surface area contributed by atoms with E-state index in [0.29, 0.717) is 5.73 Å². The maximum absolute atomic E-state index is 6.20. The topological polar surface area (TPSA) is 9.23 Å². The third kappa shape index (κ3) is 4.47. The van der Waals surface area contributed by atoms with Gasteiger partial charge in [0.25, 0.3) is 0 Å². The van der Waals surface area contributed by atoms with E-state index < -0.39 is 16.9 Å². The minimum Gasteiger partial charge on any atom is -0.382 e. The number of benzene rings is 3. The first-order chi connectivity index (χ1) is 14.3. The Hall–Kier alpha value is -1.95. The summed E-state index contributed by atoms with van der Waals surface area (Å²) in [6.07, 6.45) is 3.87. The fourth-order valence-corrected chi connectivity index (χ4v) is 14.3. The second-order valence-corrected chi connectivity index (χ2v) is 15.7. The molecule has 1 aliphatic heterocycles. The Bertz CT molecular complexity index is 764. The Morgan fingerprint density at radius 1 is 0.759 bits per heavy atom. The molecule has 2 unspecified atom stereocenters. The minimum atomic E-state index is -2.07. The largest absolute Gasteiger partial charge is 0.382 e. The van der Waals surface area contributed by atoms with Crippen molar-refractivity contribution in [3.63, 3.8) is 0 Å². The van der Waals surface area contributed by atoms with Gasteiger partial charge in [0, 0.05) is 12.3 Å². The smallest absolute Gasteiger partial charge is 0.148 e. The molecule has 3 aromatic carbocycles. The lowest BCUT2D eigenvalue weighted by atomic mass is 10.2. The highest BCUT2D eigenvalue weighted by Gasteiger charge is 2.39. The zero-order chi connectivity index (χ0) is 19.9. The van der Waals surface area contributed by atoms with Crippen LogP contribution in [0.4, 0.5) is 0 Å². The molecule has 0 radical (unpaired) electrons. The molecule has 1 aliphatic rings. The van der Waals surface area contributed by atoms with Crippen molar-refractivity contribution in [3.05, 3.63) is 91.0 Å². The van der Waals surface area contributed by atoms with Crippen molar-refractivity contribution in [1.82, 2.24) is 0 Å². The van der Waals surface area contributed by atoms with Crippen molar-refractivity contribution in [2.24, 2.45) is 0 Å². The molecule has 3 aromatic rings. The highest BCUT2D eigenvalue weighted by molar-refractivity contribution is 7.11. The first-order valence-electron chi connectivity index (χ1n) is 11.1. The van der Waals surface area contributed by atoms with Crippen LogP contribution in [-0.4, -0.2) is 29.2 Å². The van der Waals surface area contributed by atoms with Gasteiger partial charge < -0.3 is 4.74 Å². The Balaban J connectivity index is 1.75. The van der Waals surface area contributed by atoms with Gasteiger partial charge in [0.05, 0.1) is 8.80 Å². The van der Waals surface area contributed by atoms with E-state index in [1.807, 2.05) is 0 Å². The lowest BCUT2D eigenvalue weighted by Gasteiger charge is -2.36. The summed E-state index contributed by atoms with van der Waals surface area (Å²) in [5.74, 6) is 0. The van der Waals surface area contributed by atoms with E-state index in [2.05, 4.69) is 97.5 Å². The van der Waals surface area contributed by atoms with E-state index in [-0.39, 0.29) is 0 Å². The van der Waals surface area contributed by atoms with Gasteiger partial charge in [-0.05, 0) is 40.9 Å². The van der Waals surface area contributed by atoms with Crippen molar-refractivity contribution < 1.29 is 4.74 Å². The zero-order valence-electron chi connectivity index (χ0n) is 17.5. The van der Waals surface area contributed by atoms with Gasteiger partial charge in [0.1, 0.15) is 8.07 Å². The molecule has 2 atom stereocenters. The molecule has 1 nitrogen and oxygen atoms in total. The van der Waals surface area contributed by atoms with E-state index in [1.54, 1.807) is 0 Å². The van der Waals surface area contributed by atoms with Crippen molar-refractivity contribution in [1.29, 1.82) is 0 Å². The van der Waals surface area contributed by atoms with Crippen LogP contribution in [0.5, 0.6) is 0 Å². The van der Waals surface area contributed by atoms with Crippen LogP contribution in [0.2, 0.25) is 18.6 Å². The van der Waals surface area contributed by atoms with Crippen LogP contribution in [0.25, 0.3) is 0 Å². The summed E-state index contributed by atoms with van der Waals surface area (Å²) >= 11 is 0. The predicted octanol–water partition coefficient (Wildman–Crippen LogP) is 4.12. The quantitative estimate of drug-likeness (QED) is 0.416. The molecular weight excluding hydrogens is 384 g/mol. The van der Waals surface area contributed by atoms with E-state index in [0.717, 1.165) is 6.61 Å². The van der Waals surface area contributed by atoms with Crippen molar-refractivity contribution >= 4 is 32.4 Å². The SMILES string of the molecule is C[SiH](CC[Si](c1ccccc1)(c1ccccc1)c1ccccc1)C1CCCCO1. The van der Waals surface area contributed by atoms with Gasteiger partial charge in [-0.25, -0.2) is 0 Å². The summed E-state index contributed by atoms with van der Waals surface area (Å²) in [5.41, 5.74) is 0.567. The lowest BCUT2D eigenvalue weighted by Crippen LogP contribution is -2.67. The third-order valence-electron chi connectivity index (χ3n) is 6.62. The summed E-state index contributed by atoms with van der Waals surface area (Å²) in [4.78, 5) is 0. The van der Waals surface area contributed by atoms with Gasteiger partial charge in [0.2, 0.25) is 0 Å². The molecule has 150 valence electrons. The third-order valence-corrected chi connectivity index (χ3v) is 15.2. The summed E-state index contributed by atoms with van der Waals surface area (Å²) < 4.78 is 6.20. The molecular formula is C26H32OSi2. The Kier molecular flexibility index (Phi) is 6.80. The lowest BCUT2D eigenvalue weighted by molar-refractivity contribution is 0.0627. The van der Waals surface area contributed by atoms with Gasteiger partial charge in [-0.15, -0.1) is 0 Å². The maximum atomic E-state index is 6.20. The second kappa shape index (κ2) is 9.70. The second-order valence-electron chi connectivity index (χ2n) is 8.42. The summed E-state index contributed by atoms with van der Waals surface area (Å²) in [6.45, 7) is 3.51. The first kappa shape index (κ1) is 20.3. The first-order valence-corrected chi connectivity index (χ1v) is 15.9. The van der Waals surface area contributed by atoms with Crippen LogP contribution in [0, 0.1) is 0 Å². The fourth-order valence-electron chi connectivity index (χ4n) is 4.95. The number of hydrogen-bond acceptors (Lipinski definition) is 1. The zero-order valence-corrected chi connectivity index (χ0v) is 19.6. The average Bonchev–Trinajstić information content (AvgIpc) is 2.82. The maximum Gasteiger partial charge on any atom is 0.148 e. The highest BCUT2D eigenvalue weighted by Crippen LogP contribution is 2.22. The average molecular weight is 417 g/mol. The molecule has 4 rings (SSSR count). The van der Waals surface area contributed by atoms with E-state index in [1.165, 1.54) is 46.9 Å². The molecule has 0 aromatic heterocycles. The normalized spacial score (nSPS) is 18.3. The Morgan fingerprint density at radius 2 is 1.24 bits per heavy atom. The van der Waals surface area contributed by atoms with Crippen LogP contribution >= 0.6 is 0 Å². The minimum absolute atomic E-state index is 0.567. The molecule has 0 bridgehead atoms. The Morgan fingerprint density at radius 3 is 1.66 bits per heavy atom. The molecule has 29 heavy (non-hydrogen) atoms. The van der Waals surface area contributed by atoms with Crippen LogP contribution in [-0.2, 0) is 4.74 Å².